The quantitative estimate of drug-likeness (QED) is 0.668. The van der Waals surface area contributed by atoms with Crippen molar-refractivity contribution in [1.82, 2.24) is 0 Å². The Morgan fingerprint density at radius 2 is 2.33 bits per heavy atom. The van der Waals surface area contributed by atoms with E-state index in [9.17, 15) is 4.79 Å². The Bertz CT molecular complexity index is 210. The minimum atomic E-state index is -1.04. The van der Waals surface area contributed by atoms with Crippen molar-refractivity contribution in [3.63, 3.8) is 0 Å². The fourth-order valence-electron chi connectivity index (χ4n) is 0.605. The molecule has 0 amide bonds. The van der Waals surface area contributed by atoms with Gasteiger partial charge in [-0.1, -0.05) is 0 Å². The fourth-order valence-corrected chi connectivity index (χ4v) is 1.32. The maximum absolute atomic E-state index is 10.5. The van der Waals surface area contributed by atoms with Crippen LogP contribution in [0.3, 0.4) is 0 Å². The van der Waals surface area contributed by atoms with Gasteiger partial charge in [-0.25, -0.2) is 0 Å². The third-order valence-electron chi connectivity index (χ3n) is 1.52. The molecule has 0 aliphatic heterocycles. The molecule has 0 aliphatic carbocycles. The molecule has 0 saturated heterocycles. The van der Waals surface area contributed by atoms with Crippen molar-refractivity contribution in [2.24, 2.45) is 5.73 Å². The van der Waals surface area contributed by atoms with Crippen molar-refractivity contribution < 1.29 is 9.90 Å². The summed E-state index contributed by atoms with van der Waals surface area (Å²) < 4.78 is -0.596. The Morgan fingerprint density at radius 1 is 1.83 bits per heavy atom. The molecule has 0 bridgehead atoms. The monoisotopic (exact) mass is 188 g/mol. The molecule has 0 aromatic rings. The average molecular weight is 188 g/mol. The molecule has 12 heavy (non-hydrogen) atoms. The number of hydrogen-bond donors (Lipinski definition) is 2. The second-order valence-electron chi connectivity index (χ2n) is 2.87. The van der Waals surface area contributed by atoms with Crippen LogP contribution in [-0.2, 0) is 4.79 Å². The molecule has 0 saturated carbocycles. The number of carbonyl (C=O) groups is 1. The van der Waals surface area contributed by atoms with Crippen molar-refractivity contribution in [3.8, 4) is 6.07 Å². The van der Waals surface area contributed by atoms with Crippen LogP contribution in [0, 0.1) is 11.3 Å². The lowest BCUT2D eigenvalue weighted by Crippen LogP contribution is -2.46. The molecule has 0 radical (unpaired) electrons. The minimum absolute atomic E-state index is 0.258. The van der Waals surface area contributed by atoms with Gasteiger partial charge in [0.2, 0.25) is 0 Å². The summed E-state index contributed by atoms with van der Waals surface area (Å²) in [4.78, 5) is 10.5. The van der Waals surface area contributed by atoms with Crippen molar-refractivity contribution >= 4 is 17.7 Å². The summed E-state index contributed by atoms with van der Waals surface area (Å²) in [5.41, 5.74) is 5.41. The zero-order valence-electron chi connectivity index (χ0n) is 7.07. The smallest absolute Gasteiger partial charge is 0.321 e. The summed E-state index contributed by atoms with van der Waals surface area (Å²) >= 11 is 1.25. The van der Waals surface area contributed by atoms with Crippen LogP contribution >= 0.6 is 11.8 Å². The molecule has 4 nitrogen and oxygen atoms in total. The number of carboxylic acid groups (broad SMARTS) is 1. The fraction of sp³-hybridized carbons (Fsp3) is 0.714. The van der Waals surface area contributed by atoms with E-state index >= 15 is 0 Å². The number of nitriles is 1. The Hall–Kier alpha value is -0.730. The molecule has 0 unspecified atom stereocenters. The van der Waals surface area contributed by atoms with Crippen molar-refractivity contribution in [3.05, 3.63) is 0 Å². The molecule has 0 aliphatic rings. The number of hydrogen-bond acceptors (Lipinski definition) is 4. The first-order chi connectivity index (χ1) is 5.41. The minimum Gasteiger partial charge on any atom is -0.480 e. The molecule has 1 atom stereocenters. The first-order valence-corrected chi connectivity index (χ1v) is 4.39. The predicted molar refractivity (Wildman–Crippen MR) is 47.8 cm³/mol. The van der Waals surface area contributed by atoms with Gasteiger partial charge in [-0.3, -0.25) is 4.79 Å². The van der Waals surface area contributed by atoms with Gasteiger partial charge < -0.3 is 10.8 Å². The van der Waals surface area contributed by atoms with Gasteiger partial charge in [0.05, 0.1) is 11.8 Å². The number of aliphatic carboxylic acids is 1. The van der Waals surface area contributed by atoms with Crippen LogP contribution in [0.1, 0.15) is 13.8 Å². The number of thioether (sulfide) groups is 1. The average Bonchev–Trinajstić information content (AvgIpc) is 1.99. The summed E-state index contributed by atoms with van der Waals surface area (Å²) in [5.74, 6) is -0.779. The Morgan fingerprint density at radius 3 is 2.67 bits per heavy atom. The van der Waals surface area contributed by atoms with E-state index in [4.69, 9.17) is 16.1 Å². The van der Waals surface area contributed by atoms with Gasteiger partial charge >= 0.3 is 5.97 Å². The highest BCUT2D eigenvalue weighted by Crippen LogP contribution is 2.26. The maximum Gasteiger partial charge on any atom is 0.321 e. The topological polar surface area (TPSA) is 87.1 Å². The first-order valence-electron chi connectivity index (χ1n) is 3.41. The maximum atomic E-state index is 10.5. The number of nitrogens with two attached hydrogens (primary N) is 1. The summed E-state index contributed by atoms with van der Waals surface area (Å²) in [6, 6.07) is 0.998. The van der Waals surface area contributed by atoms with E-state index in [1.165, 1.54) is 11.8 Å². The summed E-state index contributed by atoms with van der Waals surface area (Å²) in [6.07, 6.45) is 0. The van der Waals surface area contributed by atoms with E-state index < -0.39 is 16.8 Å². The van der Waals surface area contributed by atoms with Crippen LogP contribution in [0.5, 0.6) is 0 Å². The van der Waals surface area contributed by atoms with Gasteiger partial charge in [0.25, 0.3) is 0 Å². The lowest BCUT2D eigenvalue weighted by Gasteiger charge is -2.26. The van der Waals surface area contributed by atoms with E-state index in [1.807, 2.05) is 6.07 Å². The molecular weight excluding hydrogens is 176 g/mol. The molecule has 0 spiro atoms. The van der Waals surface area contributed by atoms with Crippen LogP contribution < -0.4 is 5.73 Å². The molecule has 68 valence electrons. The molecular formula is C7H12N2O2S. The molecule has 5 heteroatoms. The molecule has 3 N–H and O–H groups in total. The summed E-state index contributed by atoms with van der Waals surface area (Å²) in [5, 5.41) is 16.9. The SMILES string of the molecule is CC(C)(SCC#N)[C@@H](N)C(=O)O. The zero-order valence-corrected chi connectivity index (χ0v) is 7.89. The molecule has 0 aromatic heterocycles. The highest BCUT2D eigenvalue weighted by molar-refractivity contribution is 8.00. The molecule has 0 aromatic carbocycles. The molecule has 0 fully saturated rings. The van der Waals surface area contributed by atoms with E-state index in [2.05, 4.69) is 0 Å². The zero-order chi connectivity index (χ0) is 9.78. The van der Waals surface area contributed by atoms with E-state index in [0.717, 1.165) is 0 Å². The normalized spacial score (nSPS) is 13.5. The van der Waals surface area contributed by atoms with E-state index in [0.29, 0.717) is 0 Å². The Kier molecular flexibility index (Phi) is 4.07. The second kappa shape index (κ2) is 4.33. The lowest BCUT2D eigenvalue weighted by atomic mass is 10.1. The highest BCUT2D eigenvalue weighted by atomic mass is 32.2. The van der Waals surface area contributed by atoms with Crippen molar-refractivity contribution in [2.75, 3.05) is 5.75 Å². The van der Waals surface area contributed by atoms with Crippen LogP contribution in [-0.4, -0.2) is 27.6 Å². The van der Waals surface area contributed by atoms with E-state index in [1.54, 1.807) is 13.8 Å². The molecule has 0 rings (SSSR count). The Labute approximate surface area is 75.7 Å². The largest absolute Gasteiger partial charge is 0.480 e. The summed E-state index contributed by atoms with van der Waals surface area (Å²) in [7, 11) is 0. The first kappa shape index (κ1) is 11.3. The van der Waals surface area contributed by atoms with Gasteiger partial charge in [-0.15, -0.1) is 11.8 Å². The highest BCUT2D eigenvalue weighted by Gasteiger charge is 2.32. The lowest BCUT2D eigenvalue weighted by molar-refractivity contribution is -0.139. The van der Waals surface area contributed by atoms with Crippen LogP contribution in [0.4, 0.5) is 0 Å². The van der Waals surface area contributed by atoms with Gasteiger partial charge in [-0.2, -0.15) is 5.26 Å². The third kappa shape index (κ3) is 3.11. The van der Waals surface area contributed by atoms with Crippen LogP contribution in [0.25, 0.3) is 0 Å². The number of rotatable bonds is 4. The third-order valence-corrected chi connectivity index (χ3v) is 2.80. The van der Waals surface area contributed by atoms with Crippen molar-refractivity contribution in [2.45, 2.75) is 24.6 Å². The van der Waals surface area contributed by atoms with E-state index in [-0.39, 0.29) is 5.75 Å². The van der Waals surface area contributed by atoms with Gasteiger partial charge in [-0.05, 0) is 13.8 Å². The van der Waals surface area contributed by atoms with Gasteiger partial charge in [0.15, 0.2) is 0 Å². The second-order valence-corrected chi connectivity index (χ2v) is 4.50. The van der Waals surface area contributed by atoms with Crippen LogP contribution in [0.15, 0.2) is 0 Å². The standard InChI is InChI=1S/C7H12N2O2S/c1-7(2,12-4-3-8)5(9)6(10)11/h5H,4,9H2,1-2H3,(H,10,11)/t5-/m0/s1. The Balaban J connectivity index is 4.20. The molecule has 0 heterocycles. The van der Waals surface area contributed by atoms with Crippen molar-refractivity contribution in [1.29, 1.82) is 5.26 Å². The van der Waals surface area contributed by atoms with Gasteiger partial charge in [0, 0.05) is 4.75 Å². The number of carboxylic acids is 1. The van der Waals surface area contributed by atoms with Crippen LogP contribution in [0.2, 0.25) is 0 Å². The summed E-state index contributed by atoms with van der Waals surface area (Å²) in [6.45, 7) is 3.43. The van der Waals surface area contributed by atoms with Gasteiger partial charge in [0.1, 0.15) is 6.04 Å². The number of nitrogens with zero attached hydrogens (tertiary/aromatic N) is 1. The predicted octanol–water partition coefficient (Wildman–Crippen LogP) is 0.434.